The number of imidazole rings is 1. The molecule has 0 aromatic carbocycles. The van der Waals surface area contributed by atoms with Crippen LogP contribution in [-0.2, 0) is 0 Å². The first-order chi connectivity index (χ1) is 8.29. The van der Waals surface area contributed by atoms with Crippen molar-refractivity contribution >= 4 is 28.4 Å². The molecule has 0 radical (unpaired) electrons. The molecular weight excluding hydrogens is 236 g/mol. The number of nitrogens with zero attached hydrogens (tertiary/aromatic N) is 3. The molecule has 86 valence electrons. The monoisotopic (exact) mass is 246 g/mol. The van der Waals surface area contributed by atoms with E-state index in [1.165, 1.54) is 0 Å². The van der Waals surface area contributed by atoms with E-state index in [9.17, 15) is 0 Å². The van der Waals surface area contributed by atoms with Gasteiger partial charge in [0.1, 0.15) is 5.52 Å². The molecule has 0 aliphatic heterocycles. The Balaban J connectivity index is 2.32. The van der Waals surface area contributed by atoms with Gasteiger partial charge in [-0.2, -0.15) is 16.3 Å². The highest BCUT2D eigenvalue weighted by molar-refractivity contribution is 7.08. The van der Waals surface area contributed by atoms with E-state index >= 15 is 0 Å². The summed E-state index contributed by atoms with van der Waals surface area (Å²) in [6, 6.07) is 5.59. The number of nitrogen functional groups attached to an aromatic ring is 1. The highest BCUT2D eigenvalue weighted by Gasteiger charge is 2.12. The molecule has 0 aliphatic rings. The quantitative estimate of drug-likeness (QED) is 0.751. The second-order valence-electron chi connectivity index (χ2n) is 3.48. The first kappa shape index (κ1) is 10.1. The molecule has 3 rings (SSSR count). The van der Waals surface area contributed by atoms with Gasteiger partial charge in [0, 0.05) is 11.4 Å². The number of aromatic nitrogens is 3. The fraction of sp³-hybridized carbons (Fsp3) is 0.0909. The van der Waals surface area contributed by atoms with E-state index in [1.54, 1.807) is 24.5 Å². The summed E-state index contributed by atoms with van der Waals surface area (Å²) in [5.41, 5.74) is 8.35. The lowest BCUT2D eigenvalue weighted by Gasteiger charge is -2.03. The molecule has 2 N–H and O–H groups in total. The Morgan fingerprint density at radius 2 is 2.18 bits per heavy atom. The molecule has 0 unspecified atom stereocenters. The maximum Gasteiger partial charge on any atom is 0.215 e. The number of fused-ring (bicyclic) bond motifs is 1. The van der Waals surface area contributed by atoms with Crippen LogP contribution in [0.1, 0.15) is 0 Å². The predicted molar refractivity (Wildman–Crippen MR) is 67.7 cm³/mol. The van der Waals surface area contributed by atoms with Crippen molar-refractivity contribution in [2.24, 2.45) is 0 Å². The first-order valence-corrected chi connectivity index (χ1v) is 5.95. The maximum absolute atomic E-state index is 5.91. The Morgan fingerprint density at radius 3 is 2.88 bits per heavy atom. The molecule has 0 amide bonds. The van der Waals surface area contributed by atoms with Crippen LogP contribution in [0.2, 0.25) is 0 Å². The van der Waals surface area contributed by atoms with Gasteiger partial charge in [-0.25, -0.2) is 4.98 Å². The third-order valence-electron chi connectivity index (χ3n) is 2.48. The van der Waals surface area contributed by atoms with Crippen molar-refractivity contribution < 1.29 is 4.74 Å². The molecule has 3 aromatic rings. The Kier molecular flexibility index (Phi) is 2.22. The molecule has 5 nitrogen and oxygen atoms in total. The summed E-state index contributed by atoms with van der Waals surface area (Å²) in [6.07, 6.45) is 0. The Hall–Kier alpha value is -2.08. The van der Waals surface area contributed by atoms with Crippen LogP contribution in [0.25, 0.3) is 16.9 Å². The molecule has 0 atom stereocenters. The number of methoxy groups -OCH3 is 1. The van der Waals surface area contributed by atoms with Gasteiger partial charge in [0.25, 0.3) is 0 Å². The number of hydrogen-bond acceptors (Lipinski definition) is 5. The molecule has 0 fully saturated rings. The van der Waals surface area contributed by atoms with Gasteiger partial charge >= 0.3 is 0 Å². The lowest BCUT2D eigenvalue weighted by atomic mass is 10.4. The van der Waals surface area contributed by atoms with Crippen LogP contribution in [0.4, 0.5) is 5.95 Å². The number of anilines is 1. The average Bonchev–Trinajstić information content (AvgIpc) is 2.93. The Bertz CT molecular complexity index is 659. The van der Waals surface area contributed by atoms with E-state index in [-0.39, 0.29) is 0 Å². The second-order valence-corrected chi connectivity index (χ2v) is 4.26. The minimum Gasteiger partial charge on any atom is -0.481 e. The van der Waals surface area contributed by atoms with Crippen LogP contribution in [0.5, 0.6) is 5.88 Å². The predicted octanol–water partition coefficient (Wildman–Crippen LogP) is 2.07. The summed E-state index contributed by atoms with van der Waals surface area (Å²) in [6.45, 7) is 0. The zero-order valence-electron chi connectivity index (χ0n) is 9.12. The summed E-state index contributed by atoms with van der Waals surface area (Å²) in [4.78, 5) is 8.65. The number of ether oxygens (including phenoxy) is 1. The fourth-order valence-electron chi connectivity index (χ4n) is 1.71. The third-order valence-corrected chi connectivity index (χ3v) is 3.15. The van der Waals surface area contributed by atoms with E-state index in [0.29, 0.717) is 17.5 Å². The van der Waals surface area contributed by atoms with Crippen molar-refractivity contribution in [2.45, 2.75) is 0 Å². The van der Waals surface area contributed by atoms with Crippen molar-refractivity contribution in [1.29, 1.82) is 0 Å². The molecule has 0 saturated carbocycles. The van der Waals surface area contributed by atoms with Crippen LogP contribution in [-0.4, -0.2) is 21.6 Å². The standard InChI is InChI=1S/C11H10N4OS/c1-16-9-3-2-8-10(14-9)15(11(12)13-8)7-4-5-17-6-7/h2-6H,1H3,(H2,12,13). The van der Waals surface area contributed by atoms with Crippen molar-refractivity contribution in [2.75, 3.05) is 12.8 Å². The van der Waals surface area contributed by atoms with Crippen LogP contribution in [0, 0.1) is 0 Å². The van der Waals surface area contributed by atoms with Crippen LogP contribution >= 0.6 is 11.3 Å². The molecular formula is C11H10N4OS. The molecule has 6 heteroatoms. The van der Waals surface area contributed by atoms with Gasteiger partial charge in [-0.15, -0.1) is 0 Å². The molecule has 0 bridgehead atoms. The number of thiophene rings is 1. The zero-order chi connectivity index (χ0) is 11.8. The minimum atomic E-state index is 0.430. The maximum atomic E-state index is 5.91. The van der Waals surface area contributed by atoms with E-state index < -0.39 is 0 Å². The van der Waals surface area contributed by atoms with Crippen LogP contribution < -0.4 is 10.5 Å². The topological polar surface area (TPSA) is 66.0 Å². The van der Waals surface area contributed by atoms with Crippen molar-refractivity contribution in [3.8, 4) is 11.6 Å². The average molecular weight is 246 g/mol. The van der Waals surface area contributed by atoms with E-state index in [2.05, 4.69) is 9.97 Å². The lowest BCUT2D eigenvalue weighted by Crippen LogP contribution is -2.00. The molecule has 17 heavy (non-hydrogen) atoms. The van der Waals surface area contributed by atoms with Gasteiger partial charge in [0.2, 0.25) is 11.8 Å². The summed E-state index contributed by atoms with van der Waals surface area (Å²) in [7, 11) is 1.59. The lowest BCUT2D eigenvalue weighted by molar-refractivity contribution is 0.399. The minimum absolute atomic E-state index is 0.430. The summed E-state index contributed by atoms with van der Waals surface area (Å²) in [5, 5.41) is 3.99. The molecule has 3 heterocycles. The normalized spacial score (nSPS) is 10.9. The third kappa shape index (κ3) is 1.53. The largest absolute Gasteiger partial charge is 0.481 e. The smallest absolute Gasteiger partial charge is 0.215 e. The summed E-state index contributed by atoms with van der Waals surface area (Å²) >= 11 is 1.60. The van der Waals surface area contributed by atoms with Gasteiger partial charge < -0.3 is 10.5 Å². The Morgan fingerprint density at radius 1 is 1.29 bits per heavy atom. The van der Waals surface area contributed by atoms with Gasteiger partial charge in [-0.3, -0.25) is 4.57 Å². The fourth-order valence-corrected chi connectivity index (χ4v) is 2.33. The zero-order valence-corrected chi connectivity index (χ0v) is 9.94. The van der Waals surface area contributed by atoms with E-state index in [4.69, 9.17) is 10.5 Å². The second kappa shape index (κ2) is 3.74. The Labute approximate surface area is 101 Å². The van der Waals surface area contributed by atoms with Gasteiger partial charge in [-0.1, -0.05) is 0 Å². The van der Waals surface area contributed by atoms with Crippen molar-refractivity contribution in [3.05, 3.63) is 29.0 Å². The van der Waals surface area contributed by atoms with Crippen LogP contribution in [0.3, 0.4) is 0 Å². The highest BCUT2D eigenvalue weighted by Crippen LogP contribution is 2.24. The molecule has 0 aliphatic carbocycles. The summed E-state index contributed by atoms with van der Waals surface area (Å²) in [5.74, 6) is 0.980. The molecule has 0 saturated heterocycles. The van der Waals surface area contributed by atoms with Crippen molar-refractivity contribution in [1.82, 2.24) is 14.5 Å². The number of pyridine rings is 1. The van der Waals surface area contributed by atoms with Crippen LogP contribution in [0.15, 0.2) is 29.0 Å². The van der Waals surface area contributed by atoms with E-state index in [0.717, 1.165) is 11.2 Å². The first-order valence-electron chi connectivity index (χ1n) is 5.01. The summed E-state index contributed by atoms with van der Waals surface area (Å²) < 4.78 is 6.93. The van der Waals surface area contributed by atoms with Crippen molar-refractivity contribution in [3.63, 3.8) is 0 Å². The van der Waals surface area contributed by atoms with Gasteiger partial charge in [0.15, 0.2) is 5.65 Å². The van der Waals surface area contributed by atoms with E-state index in [1.807, 2.05) is 27.5 Å². The van der Waals surface area contributed by atoms with Gasteiger partial charge in [-0.05, 0) is 17.5 Å². The SMILES string of the molecule is COc1ccc2nc(N)n(-c3ccsc3)c2n1. The number of rotatable bonds is 2. The number of hydrogen-bond donors (Lipinski definition) is 1. The molecule has 0 spiro atoms. The highest BCUT2D eigenvalue weighted by atomic mass is 32.1. The molecule has 3 aromatic heterocycles. The number of nitrogens with two attached hydrogens (primary N) is 1. The van der Waals surface area contributed by atoms with Gasteiger partial charge in [0.05, 0.1) is 12.8 Å².